The molecule has 1 fully saturated rings. The van der Waals surface area contributed by atoms with Crippen LogP contribution in [0.25, 0.3) is 0 Å². The van der Waals surface area contributed by atoms with Crippen LogP contribution in [0.15, 0.2) is 6.20 Å². The first-order chi connectivity index (χ1) is 6.86. The SMILES string of the molecule is Cc1cn(C2CCC2)c2c1CNCC2. The van der Waals surface area contributed by atoms with E-state index in [0.29, 0.717) is 0 Å². The molecule has 76 valence electrons. The van der Waals surface area contributed by atoms with Crippen LogP contribution in [0.5, 0.6) is 0 Å². The van der Waals surface area contributed by atoms with Gasteiger partial charge >= 0.3 is 0 Å². The summed E-state index contributed by atoms with van der Waals surface area (Å²) in [6.07, 6.45) is 7.82. The van der Waals surface area contributed by atoms with Crippen molar-refractivity contribution in [3.05, 3.63) is 23.0 Å². The van der Waals surface area contributed by atoms with Crippen LogP contribution in [0, 0.1) is 6.92 Å². The summed E-state index contributed by atoms with van der Waals surface area (Å²) in [6.45, 7) is 4.49. The molecule has 1 aromatic heterocycles. The molecule has 0 aromatic carbocycles. The van der Waals surface area contributed by atoms with Crippen LogP contribution < -0.4 is 5.32 Å². The number of aromatic nitrogens is 1. The van der Waals surface area contributed by atoms with Gasteiger partial charge in [-0.25, -0.2) is 0 Å². The minimum Gasteiger partial charge on any atom is -0.348 e. The highest BCUT2D eigenvalue weighted by molar-refractivity contribution is 5.33. The van der Waals surface area contributed by atoms with Gasteiger partial charge in [-0.05, 0) is 37.3 Å². The maximum absolute atomic E-state index is 3.46. The third-order valence-corrected chi connectivity index (χ3v) is 3.78. The van der Waals surface area contributed by atoms with Crippen molar-refractivity contribution in [2.24, 2.45) is 0 Å². The number of nitrogens with zero attached hydrogens (tertiary/aromatic N) is 1. The second-order valence-corrected chi connectivity index (χ2v) is 4.66. The molecule has 0 unspecified atom stereocenters. The summed E-state index contributed by atoms with van der Waals surface area (Å²) < 4.78 is 2.56. The van der Waals surface area contributed by atoms with Crippen LogP contribution in [0.3, 0.4) is 0 Å². The Morgan fingerprint density at radius 1 is 1.43 bits per heavy atom. The summed E-state index contributed by atoms with van der Waals surface area (Å²) in [7, 11) is 0. The Balaban J connectivity index is 2.02. The molecule has 1 saturated carbocycles. The lowest BCUT2D eigenvalue weighted by atomic mass is 9.92. The molecule has 2 heterocycles. The lowest BCUT2D eigenvalue weighted by Crippen LogP contribution is -2.27. The highest BCUT2D eigenvalue weighted by atomic mass is 15.0. The predicted molar refractivity (Wildman–Crippen MR) is 57.5 cm³/mol. The van der Waals surface area contributed by atoms with Crippen molar-refractivity contribution in [1.82, 2.24) is 9.88 Å². The Kier molecular flexibility index (Phi) is 1.91. The highest BCUT2D eigenvalue weighted by Crippen LogP contribution is 2.35. The maximum Gasteiger partial charge on any atom is 0.0333 e. The number of aryl methyl sites for hydroxylation is 1. The van der Waals surface area contributed by atoms with E-state index in [2.05, 4.69) is 23.0 Å². The maximum atomic E-state index is 3.46. The summed E-state index contributed by atoms with van der Waals surface area (Å²) >= 11 is 0. The molecule has 1 aliphatic carbocycles. The number of rotatable bonds is 1. The number of hydrogen-bond donors (Lipinski definition) is 1. The fourth-order valence-electron chi connectivity index (χ4n) is 2.68. The van der Waals surface area contributed by atoms with Crippen molar-refractivity contribution < 1.29 is 0 Å². The van der Waals surface area contributed by atoms with E-state index in [4.69, 9.17) is 0 Å². The molecule has 0 spiro atoms. The van der Waals surface area contributed by atoms with Crippen molar-refractivity contribution >= 4 is 0 Å². The molecular weight excluding hydrogens is 172 g/mol. The van der Waals surface area contributed by atoms with E-state index >= 15 is 0 Å². The molecule has 1 aromatic rings. The molecule has 0 radical (unpaired) electrons. The monoisotopic (exact) mass is 190 g/mol. The number of nitrogens with one attached hydrogen (secondary N) is 1. The van der Waals surface area contributed by atoms with E-state index < -0.39 is 0 Å². The van der Waals surface area contributed by atoms with Gasteiger partial charge in [-0.1, -0.05) is 0 Å². The molecule has 0 bridgehead atoms. The average Bonchev–Trinajstić information content (AvgIpc) is 2.43. The summed E-state index contributed by atoms with van der Waals surface area (Å²) in [5.41, 5.74) is 4.67. The van der Waals surface area contributed by atoms with Gasteiger partial charge in [0.25, 0.3) is 0 Å². The first kappa shape index (κ1) is 8.54. The van der Waals surface area contributed by atoms with Crippen molar-refractivity contribution in [3.8, 4) is 0 Å². The van der Waals surface area contributed by atoms with Gasteiger partial charge in [0, 0.05) is 37.4 Å². The van der Waals surface area contributed by atoms with Gasteiger partial charge in [0.1, 0.15) is 0 Å². The van der Waals surface area contributed by atoms with Crippen molar-refractivity contribution in [3.63, 3.8) is 0 Å². The molecule has 1 N–H and O–H groups in total. The molecule has 2 aliphatic rings. The summed E-state index contributed by atoms with van der Waals surface area (Å²) in [5, 5.41) is 3.46. The highest BCUT2D eigenvalue weighted by Gasteiger charge is 2.25. The average molecular weight is 190 g/mol. The summed E-state index contributed by atoms with van der Waals surface area (Å²) in [6, 6.07) is 0.829. The second kappa shape index (κ2) is 3.13. The third-order valence-electron chi connectivity index (χ3n) is 3.78. The summed E-state index contributed by atoms with van der Waals surface area (Å²) in [4.78, 5) is 0. The van der Waals surface area contributed by atoms with Gasteiger partial charge in [0.05, 0.1) is 0 Å². The molecule has 2 nitrogen and oxygen atoms in total. The minimum absolute atomic E-state index is 0.829. The topological polar surface area (TPSA) is 17.0 Å². The molecule has 3 rings (SSSR count). The second-order valence-electron chi connectivity index (χ2n) is 4.66. The zero-order chi connectivity index (χ0) is 9.54. The van der Waals surface area contributed by atoms with Crippen LogP contribution in [-0.4, -0.2) is 11.1 Å². The lowest BCUT2D eigenvalue weighted by Gasteiger charge is -2.30. The van der Waals surface area contributed by atoms with Crippen LogP contribution >= 0.6 is 0 Å². The minimum atomic E-state index is 0.829. The molecule has 0 amide bonds. The van der Waals surface area contributed by atoms with Crippen molar-refractivity contribution in [2.75, 3.05) is 6.54 Å². The molecule has 14 heavy (non-hydrogen) atoms. The summed E-state index contributed by atoms with van der Waals surface area (Å²) in [5.74, 6) is 0. The van der Waals surface area contributed by atoms with Crippen LogP contribution in [0.4, 0.5) is 0 Å². The van der Waals surface area contributed by atoms with Crippen molar-refractivity contribution in [1.29, 1.82) is 0 Å². The van der Waals surface area contributed by atoms with Gasteiger partial charge in [-0.2, -0.15) is 0 Å². The Morgan fingerprint density at radius 3 is 3.00 bits per heavy atom. The largest absolute Gasteiger partial charge is 0.348 e. The zero-order valence-electron chi connectivity index (χ0n) is 8.84. The van der Waals surface area contributed by atoms with Crippen LogP contribution in [0.2, 0.25) is 0 Å². The van der Waals surface area contributed by atoms with Crippen LogP contribution in [-0.2, 0) is 13.0 Å². The van der Waals surface area contributed by atoms with E-state index in [1.807, 2.05) is 0 Å². The van der Waals surface area contributed by atoms with Crippen LogP contribution in [0.1, 0.15) is 42.1 Å². The molecule has 1 aliphatic heterocycles. The Labute approximate surface area is 85.3 Å². The Bertz CT molecular complexity index is 347. The molecular formula is C12H18N2. The van der Waals surface area contributed by atoms with Gasteiger partial charge in [-0.15, -0.1) is 0 Å². The standard InChI is InChI=1S/C12H18N2/c1-9-8-14(10-3-2-4-10)12-5-6-13-7-11(9)12/h8,10,13H,2-7H2,1H3. The Hall–Kier alpha value is -0.760. The lowest BCUT2D eigenvalue weighted by molar-refractivity contribution is 0.305. The molecule has 2 heteroatoms. The van der Waals surface area contributed by atoms with Crippen molar-refractivity contribution in [2.45, 2.75) is 45.2 Å². The van der Waals surface area contributed by atoms with E-state index in [0.717, 1.165) is 19.1 Å². The van der Waals surface area contributed by atoms with Gasteiger partial charge in [-0.3, -0.25) is 0 Å². The van der Waals surface area contributed by atoms with Gasteiger partial charge in [0.2, 0.25) is 0 Å². The Morgan fingerprint density at radius 2 is 2.29 bits per heavy atom. The first-order valence-electron chi connectivity index (χ1n) is 5.76. The fraction of sp³-hybridized carbons (Fsp3) is 0.667. The first-order valence-corrected chi connectivity index (χ1v) is 5.76. The van der Waals surface area contributed by atoms with Gasteiger partial charge in [0.15, 0.2) is 0 Å². The smallest absolute Gasteiger partial charge is 0.0333 e. The zero-order valence-corrected chi connectivity index (χ0v) is 8.84. The third kappa shape index (κ3) is 1.13. The molecule has 0 atom stereocenters. The normalized spacial score (nSPS) is 21.8. The van der Waals surface area contributed by atoms with E-state index in [1.54, 1.807) is 11.3 Å². The van der Waals surface area contributed by atoms with Gasteiger partial charge < -0.3 is 9.88 Å². The number of fused-ring (bicyclic) bond motifs is 1. The van der Waals surface area contributed by atoms with E-state index in [-0.39, 0.29) is 0 Å². The van der Waals surface area contributed by atoms with E-state index in [1.165, 1.54) is 31.2 Å². The predicted octanol–water partition coefficient (Wildman–Crippen LogP) is 2.17. The quantitative estimate of drug-likeness (QED) is 0.718. The number of hydrogen-bond acceptors (Lipinski definition) is 1. The fourth-order valence-corrected chi connectivity index (χ4v) is 2.68. The molecule has 0 saturated heterocycles. The van der Waals surface area contributed by atoms with E-state index in [9.17, 15) is 0 Å².